The van der Waals surface area contributed by atoms with Crippen LogP contribution in [0.5, 0.6) is 11.5 Å². The fraction of sp³-hybridized carbons (Fsp3) is 0.333. The van der Waals surface area contributed by atoms with Crippen molar-refractivity contribution < 1.29 is 22.8 Å². The van der Waals surface area contributed by atoms with Crippen molar-refractivity contribution in [3.05, 3.63) is 24.3 Å². The Hall–Kier alpha value is -1.08. The second-order valence-electron chi connectivity index (χ2n) is 2.71. The van der Waals surface area contributed by atoms with Crippen molar-refractivity contribution in [1.29, 1.82) is 0 Å². The molecule has 0 aliphatic carbocycles. The highest BCUT2D eigenvalue weighted by Crippen LogP contribution is 2.20. The van der Waals surface area contributed by atoms with E-state index in [0.717, 1.165) is 0 Å². The first kappa shape index (κ1) is 12.0. The molecule has 15 heavy (non-hydrogen) atoms. The molecule has 0 saturated heterocycles. The average Bonchev–Trinajstić information content (AvgIpc) is 2.29. The van der Waals surface area contributed by atoms with E-state index in [2.05, 4.69) is 0 Å². The van der Waals surface area contributed by atoms with E-state index in [0.29, 0.717) is 5.75 Å². The quantitative estimate of drug-likeness (QED) is 0.769. The third-order valence-electron chi connectivity index (χ3n) is 1.83. The Morgan fingerprint density at radius 2 is 1.40 bits per heavy atom. The van der Waals surface area contributed by atoms with Crippen LogP contribution < -0.4 is 4.43 Å². The summed E-state index contributed by atoms with van der Waals surface area (Å²) < 4.78 is 20.7. The van der Waals surface area contributed by atoms with Gasteiger partial charge in [0.25, 0.3) is 0 Å². The van der Waals surface area contributed by atoms with E-state index in [1.807, 2.05) is 0 Å². The Morgan fingerprint density at radius 1 is 0.933 bits per heavy atom. The van der Waals surface area contributed by atoms with Gasteiger partial charge < -0.3 is 22.8 Å². The predicted molar refractivity (Wildman–Crippen MR) is 55.5 cm³/mol. The molecule has 0 atom stereocenters. The van der Waals surface area contributed by atoms with Crippen LogP contribution in [0.15, 0.2) is 24.3 Å². The minimum atomic E-state index is -3.06. The van der Waals surface area contributed by atoms with E-state index in [-0.39, 0.29) is 5.75 Å². The van der Waals surface area contributed by atoms with Crippen LogP contribution in [0.1, 0.15) is 0 Å². The van der Waals surface area contributed by atoms with Crippen LogP contribution in [0, 0.1) is 0 Å². The first-order chi connectivity index (χ1) is 7.15. The van der Waals surface area contributed by atoms with E-state index in [1.54, 1.807) is 12.1 Å². The molecule has 0 saturated carbocycles. The summed E-state index contributed by atoms with van der Waals surface area (Å²) in [6.07, 6.45) is 0. The molecule has 0 radical (unpaired) electrons. The summed E-state index contributed by atoms with van der Waals surface area (Å²) >= 11 is 0. The van der Waals surface area contributed by atoms with Gasteiger partial charge in [-0.3, -0.25) is 0 Å². The highest BCUT2D eigenvalue weighted by atomic mass is 28.4. The fourth-order valence-electron chi connectivity index (χ4n) is 1.03. The van der Waals surface area contributed by atoms with Gasteiger partial charge in [0.05, 0.1) is 0 Å². The maximum Gasteiger partial charge on any atom is 0.748 e. The summed E-state index contributed by atoms with van der Waals surface area (Å²) in [5.74, 6) is 0.687. The molecule has 1 aromatic rings. The predicted octanol–water partition coefficient (Wildman–Crippen LogP) is 1.15. The van der Waals surface area contributed by atoms with Crippen molar-refractivity contribution in [2.24, 2.45) is 0 Å². The van der Waals surface area contributed by atoms with Gasteiger partial charge in [0.15, 0.2) is 0 Å². The van der Waals surface area contributed by atoms with Crippen molar-refractivity contribution in [2.75, 3.05) is 21.3 Å². The maximum absolute atomic E-state index is 9.09. The Kier molecular flexibility index (Phi) is 4.10. The van der Waals surface area contributed by atoms with Crippen LogP contribution in [0.25, 0.3) is 0 Å². The standard InChI is InChI=1S/C9H14O5Si/c1-11-15(12-2,13-3)14-9-6-4-8(10)5-7-9/h4-7,10H,1-3H3. The number of rotatable bonds is 5. The van der Waals surface area contributed by atoms with Crippen LogP contribution in [0.4, 0.5) is 0 Å². The third-order valence-corrected chi connectivity index (χ3v) is 3.82. The average molecular weight is 230 g/mol. The summed E-state index contributed by atoms with van der Waals surface area (Å²) in [5, 5.41) is 9.09. The lowest BCUT2D eigenvalue weighted by Crippen LogP contribution is -2.49. The first-order valence-electron chi connectivity index (χ1n) is 4.29. The lowest BCUT2D eigenvalue weighted by atomic mass is 10.3. The van der Waals surface area contributed by atoms with Crippen molar-refractivity contribution in [2.45, 2.75) is 0 Å². The topological polar surface area (TPSA) is 57.2 Å². The molecule has 6 heteroatoms. The van der Waals surface area contributed by atoms with Crippen LogP contribution in [-0.2, 0) is 13.3 Å². The number of hydrogen-bond acceptors (Lipinski definition) is 5. The Morgan fingerprint density at radius 3 is 1.80 bits per heavy atom. The number of benzene rings is 1. The summed E-state index contributed by atoms with van der Waals surface area (Å²) in [6.45, 7) is 0. The largest absolute Gasteiger partial charge is 0.748 e. The highest BCUT2D eigenvalue weighted by Gasteiger charge is 2.45. The van der Waals surface area contributed by atoms with Gasteiger partial charge >= 0.3 is 9.05 Å². The van der Waals surface area contributed by atoms with Gasteiger partial charge in [-0.15, -0.1) is 0 Å². The lowest BCUT2D eigenvalue weighted by Gasteiger charge is -2.23. The van der Waals surface area contributed by atoms with E-state index in [9.17, 15) is 0 Å². The van der Waals surface area contributed by atoms with Crippen LogP contribution >= 0.6 is 0 Å². The van der Waals surface area contributed by atoms with Crippen molar-refractivity contribution in [3.8, 4) is 11.5 Å². The first-order valence-corrected chi connectivity index (χ1v) is 5.92. The van der Waals surface area contributed by atoms with Crippen molar-refractivity contribution in [3.63, 3.8) is 0 Å². The molecule has 1 rings (SSSR count). The Bertz CT molecular complexity index is 288. The Balaban J connectivity index is 2.78. The molecule has 84 valence electrons. The molecule has 5 nitrogen and oxygen atoms in total. The molecule has 0 aromatic heterocycles. The molecular weight excluding hydrogens is 216 g/mol. The fourth-order valence-corrected chi connectivity index (χ4v) is 2.21. The minimum absolute atomic E-state index is 0.168. The summed E-state index contributed by atoms with van der Waals surface area (Å²) in [7, 11) is 1.32. The van der Waals surface area contributed by atoms with Gasteiger partial charge in [0.1, 0.15) is 11.5 Å². The second kappa shape index (κ2) is 5.13. The molecule has 0 spiro atoms. The monoisotopic (exact) mass is 230 g/mol. The van der Waals surface area contributed by atoms with Crippen molar-refractivity contribution in [1.82, 2.24) is 0 Å². The zero-order valence-corrected chi connectivity index (χ0v) is 9.89. The number of phenolic OH excluding ortho intramolecular Hbond substituents is 1. The smallest absolute Gasteiger partial charge is 0.508 e. The van der Waals surface area contributed by atoms with Crippen LogP contribution in [0.3, 0.4) is 0 Å². The van der Waals surface area contributed by atoms with E-state index < -0.39 is 9.05 Å². The van der Waals surface area contributed by atoms with Gasteiger partial charge in [0.2, 0.25) is 0 Å². The maximum atomic E-state index is 9.09. The molecule has 1 N–H and O–H groups in total. The van der Waals surface area contributed by atoms with Crippen LogP contribution in [0.2, 0.25) is 0 Å². The zero-order valence-electron chi connectivity index (χ0n) is 8.89. The normalized spacial score (nSPS) is 11.4. The molecule has 1 aromatic carbocycles. The van der Waals surface area contributed by atoms with Gasteiger partial charge in [-0.1, -0.05) is 0 Å². The summed E-state index contributed by atoms with van der Waals surface area (Å²) in [4.78, 5) is 0. The molecule has 0 unspecified atom stereocenters. The number of hydrogen-bond donors (Lipinski definition) is 1. The Labute approximate surface area is 89.6 Å². The molecule has 0 aliphatic heterocycles. The molecule has 0 heterocycles. The third kappa shape index (κ3) is 2.93. The number of phenols is 1. The van der Waals surface area contributed by atoms with Gasteiger partial charge in [-0.05, 0) is 24.3 Å². The molecule has 0 bridgehead atoms. The summed E-state index contributed by atoms with van der Waals surface area (Å²) in [5.41, 5.74) is 0. The zero-order chi connectivity index (χ0) is 11.3. The molecule has 0 fully saturated rings. The van der Waals surface area contributed by atoms with Crippen molar-refractivity contribution >= 4 is 9.05 Å². The van der Waals surface area contributed by atoms with E-state index >= 15 is 0 Å². The summed E-state index contributed by atoms with van der Waals surface area (Å²) in [6, 6.07) is 6.23. The van der Waals surface area contributed by atoms with Gasteiger partial charge in [0, 0.05) is 21.3 Å². The van der Waals surface area contributed by atoms with E-state index in [4.69, 9.17) is 22.8 Å². The van der Waals surface area contributed by atoms with Gasteiger partial charge in [-0.25, -0.2) is 0 Å². The molecule has 0 aliphatic rings. The van der Waals surface area contributed by atoms with Crippen LogP contribution in [-0.4, -0.2) is 35.5 Å². The highest BCUT2D eigenvalue weighted by molar-refractivity contribution is 6.54. The lowest BCUT2D eigenvalue weighted by molar-refractivity contribution is 0.0510. The van der Waals surface area contributed by atoms with E-state index in [1.165, 1.54) is 33.5 Å². The SMILES string of the molecule is CO[Si](OC)(OC)Oc1ccc(O)cc1. The second-order valence-corrected chi connectivity index (χ2v) is 5.14. The molecular formula is C9H14O5Si. The minimum Gasteiger partial charge on any atom is -0.508 e. The molecule has 0 amide bonds. The van der Waals surface area contributed by atoms with Gasteiger partial charge in [-0.2, -0.15) is 0 Å². The number of aromatic hydroxyl groups is 1.